The number of fused-ring (bicyclic) bond motifs is 6. The zero-order chi connectivity index (χ0) is 18.4. The molecule has 0 saturated carbocycles. The normalized spacial score (nSPS) is 21.4. The number of rotatable bonds is 5. The molecule has 5 rings (SSSR count). The molecule has 3 aromatic rings. The van der Waals surface area contributed by atoms with Crippen molar-refractivity contribution in [3.05, 3.63) is 65.4 Å². The first-order valence-corrected chi connectivity index (χ1v) is 9.86. The van der Waals surface area contributed by atoms with Gasteiger partial charge in [0.05, 0.1) is 18.3 Å². The molecule has 4 heteroatoms. The number of methoxy groups -OCH3 is 1. The summed E-state index contributed by atoms with van der Waals surface area (Å²) < 4.78 is 7.62. The van der Waals surface area contributed by atoms with E-state index < -0.39 is 0 Å². The third-order valence-electron chi connectivity index (χ3n) is 6.33. The zero-order valence-electron chi connectivity index (χ0n) is 16.0. The third kappa shape index (κ3) is 2.71. The Bertz CT molecular complexity index is 963. The van der Waals surface area contributed by atoms with Crippen LogP contribution in [0.5, 0.6) is 5.75 Å². The first-order chi connectivity index (χ1) is 13.3. The van der Waals surface area contributed by atoms with Crippen molar-refractivity contribution >= 4 is 10.9 Å². The van der Waals surface area contributed by atoms with Crippen molar-refractivity contribution in [3.63, 3.8) is 0 Å². The molecule has 27 heavy (non-hydrogen) atoms. The molecule has 0 radical (unpaired) electrons. The van der Waals surface area contributed by atoms with Crippen molar-refractivity contribution < 1.29 is 9.57 Å². The quantitative estimate of drug-likeness (QED) is 0.686. The lowest BCUT2D eigenvalue weighted by Gasteiger charge is -2.32. The highest BCUT2D eigenvalue weighted by atomic mass is 16.7. The van der Waals surface area contributed by atoms with Gasteiger partial charge in [0.1, 0.15) is 12.4 Å². The number of hydrogen-bond donors (Lipinski definition) is 0. The smallest absolute Gasteiger partial charge is 0.119 e. The molecule has 2 aliphatic rings. The molecule has 1 fully saturated rings. The second-order valence-corrected chi connectivity index (χ2v) is 7.72. The SMILES string of the molecule is COc1ccc2c(c1)c1c(n2OCCc2ccccc2)CC2CCC1N2C. The molecule has 1 aromatic heterocycles. The summed E-state index contributed by atoms with van der Waals surface area (Å²) in [5, 5.41) is 1.28. The number of hydrogen-bond acceptors (Lipinski definition) is 3. The van der Waals surface area contributed by atoms with Crippen LogP contribution in [0, 0.1) is 0 Å². The van der Waals surface area contributed by atoms with Gasteiger partial charge in [-0.3, -0.25) is 4.90 Å². The number of aromatic nitrogens is 1. The molecule has 0 amide bonds. The van der Waals surface area contributed by atoms with Crippen LogP contribution < -0.4 is 9.57 Å². The van der Waals surface area contributed by atoms with Crippen molar-refractivity contribution in [1.29, 1.82) is 0 Å². The van der Waals surface area contributed by atoms with Crippen LogP contribution in [-0.4, -0.2) is 36.4 Å². The minimum absolute atomic E-state index is 0.493. The summed E-state index contributed by atoms with van der Waals surface area (Å²) in [5.41, 5.74) is 5.27. The summed E-state index contributed by atoms with van der Waals surface area (Å²) in [7, 11) is 4.00. The van der Waals surface area contributed by atoms with Crippen LogP contribution in [0.3, 0.4) is 0 Å². The number of benzene rings is 2. The second-order valence-electron chi connectivity index (χ2n) is 7.72. The number of ether oxygens (including phenoxy) is 1. The molecular formula is C23H26N2O2. The molecule has 2 unspecified atom stereocenters. The zero-order valence-corrected chi connectivity index (χ0v) is 16.0. The Morgan fingerprint density at radius 2 is 1.93 bits per heavy atom. The molecule has 2 aromatic carbocycles. The van der Waals surface area contributed by atoms with Gasteiger partial charge in [0.15, 0.2) is 0 Å². The fourth-order valence-corrected chi connectivity index (χ4v) is 4.89. The lowest BCUT2D eigenvalue weighted by molar-refractivity contribution is 0.107. The van der Waals surface area contributed by atoms with Gasteiger partial charge in [-0.05, 0) is 43.7 Å². The molecule has 1 saturated heterocycles. The molecule has 2 bridgehead atoms. The fraction of sp³-hybridized carbons (Fsp3) is 0.391. The van der Waals surface area contributed by atoms with Crippen LogP contribution in [0.2, 0.25) is 0 Å². The van der Waals surface area contributed by atoms with E-state index in [0.717, 1.165) is 24.1 Å². The Morgan fingerprint density at radius 3 is 2.74 bits per heavy atom. The minimum atomic E-state index is 0.493. The van der Waals surface area contributed by atoms with Gasteiger partial charge in [0.2, 0.25) is 0 Å². The molecule has 4 nitrogen and oxygen atoms in total. The van der Waals surface area contributed by atoms with E-state index in [1.165, 1.54) is 35.0 Å². The largest absolute Gasteiger partial charge is 0.497 e. The summed E-state index contributed by atoms with van der Waals surface area (Å²) in [5.74, 6) is 0.912. The second kappa shape index (κ2) is 6.61. The molecule has 0 spiro atoms. The van der Waals surface area contributed by atoms with Gasteiger partial charge >= 0.3 is 0 Å². The van der Waals surface area contributed by atoms with Crippen LogP contribution in [0.4, 0.5) is 0 Å². The maximum Gasteiger partial charge on any atom is 0.119 e. The Balaban J connectivity index is 1.53. The average molecular weight is 362 g/mol. The first kappa shape index (κ1) is 16.7. The van der Waals surface area contributed by atoms with Crippen molar-refractivity contribution in [2.24, 2.45) is 0 Å². The van der Waals surface area contributed by atoms with E-state index in [4.69, 9.17) is 9.57 Å². The van der Waals surface area contributed by atoms with E-state index in [9.17, 15) is 0 Å². The van der Waals surface area contributed by atoms with Crippen LogP contribution in [0.1, 0.15) is 35.7 Å². The molecule has 0 aliphatic carbocycles. The van der Waals surface area contributed by atoms with Crippen LogP contribution in [-0.2, 0) is 12.8 Å². The standard InChI is InChI=1S/C23H26N2O2/c1-24-17-8-10-21(24)23-19-15-18(26-2)9-11-20(19)25(22(23)14-17)27-13-12-16-6-4-3-5-7-16/h3-7,9,11,15,17,21H,8,10,12-14H2,1-2H3. The summed E-state index contributed by atoms with van der Waals surface area (Å²) >= 11 is 0. The Labute approximate surface area is 160 Å². The first-order valence-electron chi connectivity index (χ1n) is 9.86. The number of nitrogens with zero attached hydrogens (tertiary/aromatic N) is 2. The molecule has 2 aliphatic heterocycles. The van der Waals surface area contributed by atoms with Gasteiger partial charge in [-0.25, -0.2) is 0 Å². The van der Waals surface area contributed by atoms with E-state index in [-0.39, 0.29) is 0 Å². The average Bonchev–Trinajstić information content (AvgIpc) is 3.12. The lowest BCUT2D eigenvalue weighted by Crippen LogP contribution is -2.35. The highest BCUT2D eigenvalue weighted by Crippen LogP contribution is 2.47. The summed E-state index contributed by atoms with van der Waals surface area (Å²) in [4.78, 5) is 8.90. The maximum absolute atomic E-state index is 6.35. The van der Waals surface area contributed by atoms with Gasteiger partial charge in [-0.2, -0.15) is 4.73 Å². The van der Waals surface area contributed by atoms with Crippen molar-refractivity contribution in [2.75, 3.05) is 20.8 Å². The van der Waals surface area contributed by atoms with Crippen LogP contribution in [0.25, 0.3) is 10.9 Å². The maximum atomic E-state index is 6.35. The van der Waals surface area contributed by atoms with Crippen molar-refractivity contribution in [2.45, 2.75) is 37.8 Å². The van der Waals surface area contributed by atoms with Crippen LogP contribution >= 0.6 is 0 Å². The molecule has 3 heterocycles. The van der Waals surface area contributed by atoms with Gasteiger partial charge in [-0.15, -0.1) is 0 Å². The minimum Gasteiger partial charge on any atom is -0.497 e. The summed E-state index contributed by atoms with van der Waals surface area (Å²) in [6.45, 7) is 0.678. The molecule has 2 atom stereocenters. The molecule has 0 N–H and O–H groups in total. The predicted molar refractivity (Wildman–Crippen MR) is 107 cm³/mol. The molecular weight excluding hydrogens is 336 g/mol. The van der Waals surface area contributed by atoms with E-state index in [0.29, 0.717) is 18.7 Å². The summed E-state index contributed by atoms with van der Waals surface area (Å²) in [6, 6.07) is 18.0. The van der Waals surface area contributed by atoms with E-state index >= 15 is 0 Å². The molecule has 140 valence electrons. The summed E-state index contributed by atoms with van der Waals surface area (Å²) in [6.07, 6.45) is 4.47. The van der Waals surface area contributed by atoms with E-state index in [1.807, 2.05) is 6.07 Å². The lowest BCUT2D eigenvalue weighted by atomic mass is 9.97. The van der Waals surface area contributed by atoms with Crippen molar-refractivity contribution in [3.8, 4) is 5.75 Å². The number of likely N-dealkylation sites (N-methyl/N-ethyl adjacent to an activating group) is 1. The van der Waals surface area contributed by atoms with Crippen LogP contribution in [0.15, 0.2) is 48.5 Å². The van der Waals surface area contributed by atoms with Gasteiger partial charge in [0.25, 0.3) is 0 Å². The monoisotopic (exact) mass is 362 g/mol. The van der Waals surface area contributed by atoms with Gasteiger partial charge in [-0.1, -0.05) is 30.3 Å². The van der Waals surface area contributed by atoms with E-state index in [1.54, 1.807) is 7.11 Å². The van der Waals surface area contributed by atoms with E-state index in [2.05, 4.69) is 59.1 Å². The van der Waals surface area contributed by atoms with Crippen molar-refractivity contribution in [1.82, 2.24) is 9.63 Å². The third-order valence-corrected chi connectivity index (χ3v) is 6.33. The van der Waals surface area contributed by atoms with Gasteiger partial charge in [0, 0.05) is 35.9 Å². The predicted octanol–water partition coefficient (Wildman–Crippen LogP) is 4.01. The Hall–Kier alpha value is -2.46. The topological polar surface area (TPSA) is 26.6 Å². The highest BCUT2D eigenvalue weighted by Gasteiger charge is 2.41. The highest BCUT2D eigenvalue weighted by molar-refractivity contribution is 5.87. The fourth-order valence-electron chi connectivity index (χ4n) is 4.89. The Morgan fingerprint density at radius 1 is 1.07 bits per heavy atom. The van der Waals surface area contributed by atoms with Gasteiger partial charge < -0.3 is 9.57 Å². The Kier molecular flexibility index (Phi) is 4.09.